The van der Waals surface area contributed by atoms with Crippen molar-refractivity contribution in [2.45, 2.75) is 53.3 Å². The first-order valence-electron chi connectivity index (χ1n) is 8.38. The number of nitrogens with zero attached hydrogens (tertiary/aromatic N) is 3. The molecule has 1 aromatic rings. The van der Waals surface area contributed by atoms with E-state index in [1.165, 1.54) is 0 Å². The highest BCUT2D eigenvalue weighted by atomic mass is 19.1. The molecule has 1 aliphatic heterocycles. The number of alkyl halides is 1. The van der Waals surface area contributed by atoms with Crippen LogP contribution in [0.2, 0.25) is 0 Å². The highest BCUT2D eigenvalue weighted by Crippen LogP contribution is 2.24. The Morgan fingerprint density at radius 3 is 2.62 bits per heavy atom. The fourth-order valence-corrected chi connectivity index (χ4v) is 3.23. The molecule has 1 amide bonds. The average molecular weight is 339 g/mol. The molecule has 1 N–H and O–H groups in total. The van der Waals surface area contributed by atoms with E-state index in [9.17, 15) is 14.0 Å². The minimum atomic E-state index is -1.90. The van der Waals surface area contributed by atoms with Crippen LogP contribution in [-0.2, 0) is 22.6 Å². The molecule has 0 bridgehead atoms. The van der Waals surface area contributed by atoms with Gasteiger partial charge in [0.25, 0.3) is 0 Å². The van der Waals surface area contributed by atoms with Crippen LogP contribution in [0, 0.1) is 25.7 Å². The van der Waals surface area contributed by atoms with E-state index in [4.69, 9.17) is 5.11 Å². The van der Waals surface area contributed by atoms with Crippen LogP contribution in [0.4, 0.5) is 4.39 Å². The fourth-order valence-electron chi connectivity index (χ4n) is 3.23. The monoisotopic (exact) mass is 339 g/mol. The highest BCUT2D eigenvalue weighted by Gasteiger charge is 2.36. The Hall–Kier alpha value is -1.92. The second-order valence-corrected chi connectivity index (χ2v) is 7.03. The summed E-state index contributed by atoms with van der Waals surface area (Å²) in [7, 11) is 0. The summed E-state index contributed by atoms with van der Waals surface area (Å²) in [5, 5.41) is 13.3. The summed E-state index contributed by atoms with van der Waals surface area (Å²) in [4.78, 5) is 24.8. The summed E-state index contributed by atoms with van der Waals surface area (Å²) in [6.45, 7) is 9.46. The van der Waals surface area contributed by atoms with Crippen molar-refractivity contribution in [2.24, 2.45) is 11.8 Å². The van der Waals surface area contributed by atoms with Crippen LogP contribution in [0.15, 0.2) is 0 Å². The van der Waals surface area contributed by atoms with Gasteiger partial charge in [0.05, 0.1) is 12.1 Å². The number of likely N-dealkylation sites (tertiary alicyclic amines) is 1. The quantitative estimate of drug-likeness (QED) is 0.860. The van der Waals surface area contributed by atoms with E-state index in [-0.39, 0.29) is 18.9 Å². The molecule has 2 rings (SSSR count). The Morgan fingerprint density at radius 2 is 2.04 bits per heavy atom. The maximum atomic E-state index is 13.6. The number of hydrogen-bond acceptors (Lipinski definition) is 3. The van der Waals surface area contributed by atoms with E-state index in [0.717, 1.165) is 23.5 Å². The third-order valence-electron chi connectivity index (χ3n) is 4.62. The lowest BCUT2D eigenvalue weighted by atomic mass is 10.0. The number of amides is 1. The van der Waals surface area contributed by atoms with Crippen molar-refractivity contribution in [1.82, 2.24) is 14.7 Å². The molecule has 7 heteroatoms. The fraction of sp³-hybridized carbons (Fsp3) is 0.706. The number of aliphatic carboxylic acids is 1. The van der Waals surface area contributed by atoms with Crippen LogP contribution >= 0.6 is 0 Å². The molecule has 2 heterocycles. The van der Waals surface area contributed by atoms with Crippen LogP contribution < -0.4 is 0 Å². The Labute approximate surface area is 141 Å². The molecule has 0 aliphatic carbocycles. The van der Waals surface area contributed by atoms with Crippen molar-refractivity contribution in [3.63, 3.8) is 0 Å². The Morgan fingerprint density at radius 1 is 1.38 bits per heavy atom. The number of aryl methyl sites for hydroxylation is 1. The van der Waals surface area contributed by atoms with Gasteiger partial charge in [0, 0.05) is 36.8 Å². The number of carbonyl (C=O) groups excluding carboxylic acids is 1. The molecule has 2 unspecified atom stereocenters. The minimum Gasteiger partial charge on any atom is -0.479 e. The van der Waals surface area contributed by atoms with Crippen molar-refractivity contribution in [1.29, 1.82) is 0 Å². The normalized spacial score (nSPS) is 19.1. The smallest absolute Gasteiger partial charge is 0.338 e. The zero-order valence-electron chi connectivity index (χ0n) is 14.8. The van der Waals surface area contributed by atoms with Gasteiger partial charge in [-0.05, 0) is 26.2 Å². The van der Waals surface area contributed by atoms with Gasteiger partial charge in [-0.1, -0.05) is 13.8 Å². The van der Waals surface area contributed by atoms with E-state index in [1.807, 2.05) is 18.5 Å². The Kier molecular flexibility index (Phi) is 5.62. The Bertz CT molecular complexity index is 627. The molecule has 0 spiro atoms. The molecular weight excluding hydrogens is 313 g/mol. The summed E-state index contributed by atoms with van der Waals surface area (Å²) in [5.74, 6) is -1.69. The lowest BCUT2D eigenvalue weighted by Gasteiger charge is -2.17. The maximum Gasteiger partial charge on any atom is 0.338 e. The van der Waals surface area contributed by atoms with Crippen LogP contribution in [-0.4, -0.2) is 50.9 Å². The van der Waals surface area contributed by atoms with Crippen LogP contribution in [0.1, 0.15) is 37.2 Å². The van der Waals surface area contributed by atoms with Gasteiger partial charge in [-0.2, -0.15) is 5.10 Å². The van der Waals surface area contributed by atoms with Gasteiger partial charge in [-0.3, -0.25) is 9.48 Å². The molecule has 2 atom stereocenters. The third-order valence-corrected chi connectivity index (χ3v) is 4.62. The van der Waals surface area contributed by atoms with Crippen molar-refractivity contribution >= 4 is 11.9 Å². The summed E-state index contributed by atoms with van der Waals surface area (Å²) in [6.07, 6.45) is -1.28. The number of hydrogen-bond donors (Lipinski definition) is 1. The SMILES string of the molecule is Cc1nn(CC(C)C)c(C)c1CC(=O)N1CCC(C(F)C(=O)O)C1. The first-order chi connectivity index (χ1) is 11.2. The molecule has 0 radical (unpaired) electrons. The van der Waals surface area contributed by atoms with Gasteiger partial charge in [-0.15, -0.1) is 0 Å². The molecule has 1 saturated heterocycles. The van der Waals surface area contributed by atoms with Gasteiger partial charge >= 0.3 is 5.97 Å². The zero-order chi connectivity index (χ0) is 18.0. The molecular formula is C17H26FN3O3. The molecule has 1 aromatic heterocycles. The number of carbonyl (C=O) groups is 2. The number of rotatable bonds is 6. The zero-order valence-corrected chi connectivity index (χ0v) is 14.8. The lowest BCUT2D eigenvalue weighted by molar-refractivity contribution is -0.145. The van der Waals surface area contributed by atoms with Crippen molar-refractivity contribution in [2.75, 3.05) is 13.1 Å². The van der Waals surface area contributed by atoms with Crippen LogP contribution in [0.25, 0.3) is 0 Å². The molecule has 1 fully saturated rings. The van der Waals surface area contributed by atoms with Crippen molar-refractivity contribution in [3.05, 3.63) is 17.0 Å². The minimum absolute atomic E-state index is 0.0922. The average Bonchev–Trinajstić information content (AvgIpc) is 3.07. The Balaban J connectivity index is 2.03. The van der Waals surface area contributed by atoms with Gasteiger partial charge in [0.15, 0.2) is 0 Å². The first kappa shape index (κ1) is 18.4. The highest BCUT2D eigenvalue weighted by molar-refractivity contribution is 5.80. The predicted molar refractivity (Wildman–Crippen MR) is 87.5 cm³/mol. The summed E-state index contributed by atoms with van der Waals surface area (Å²) >= 11 is 0. The number of carboxylic acid groups (broad SMARTS) is 1. The van der Waals surface area contributed by atoms with Gasteiger partial charge in [0.1, 0.15) is 0 Å². The van der Waals surface area contributed by atoms with Crippen molar-refractivity contribution < 1.29 is 19.1 Å². The van der Waals surface area contributed by atoms with Gasteiger partial charge in [-0.25, -0.2) is 9.18 Å². The maximum absolute atomic E-state index is 13.6. The molecule has 1 aliphatic rings. The first-order valence-corrected chi connectivity index (χ1v) is 8.38. The van der Waals surface area contributed by atoms with Gasteiger partial charge in [0.2, 0.25) is 12.1 Å². The van der Waals surface area contributed by atoms with E-state index in [2.05, 4.69) is 18.9 Å². The van der Waals surface area contributed by atoms with E-state index >= 15 is 0 Å². The topological polar surface area (TPSA) is 75.4 Å². The second-order valence-electron chi connectivity index (χ2n) is 7.03. The predicted octanol–water partition coefficient (Wildman–Crippen LogP) is 1.97. The number of halogens is 1. The van der Waals surface area contributed by atoms with E-state index in [0.29, 0.717) is 18.9 Å². The summed E-state index contributed by atoms with van der Waals surface area (Å²) in [5.41, 5.74) is 2.74. The molecule has 134 valence electrons. The molecule has 6 nitrogen and oxygen atoms in total. The standard InChI is InChI=1S/C17H26FN3O3/c1-10(2)8-21-12(4)14(11(3)19-21)7-15(22)20-6-5-13(9-20)16(18)17(23)24/h10,13,16H,5-9H2,1-4H3,(H,23,24). The van der Waals surface area contributed by atoms with E-state index in [1.54, 1.807) is 4.90 Å². The third kappa shape index (κ3) is 3.94. The molecule has 0 saturated carbocycles. The largest absolute Gasteiger partial charge is 0.479 e. The summed E-state index contributed by atoms with van der Waals surface area (Å²) < 4.78 is 15.5. The summed E-state index contributed by atoms with van der Waals surface area (Å²) in [6, 6.07) is 0. The second kappa shape index (κ2) is 7.32. The van der Waals surface area contributed by atoms with Crippen molar-refractivity contribution in [3.8, 4) is 0 Å². The molecule has 0 aromatic carbocycles. The van der Waals surface area contributed by atoms with Crippen LogP contribution in [0.3, 0.4) is 0 Å². The number of aromatic nitrogens is 2. The lowest BCUT2D eigenvalue weighted by Crippen LogP contribution is -2.33. The van der Waals surface area contributed by atoms with Gasteiger partial charge < -0.3 is 10.0 Å². The number of carboxylic acids is 1. The van der Waals surface area contributed by atoms with E-state index < -0.39 is 18.1 Å². The van der Waals surface area contributed by atoms with Crippen LogP contribution in [0.5, 0.6) is 0 Å². The molecule has 24 heavy (non-hydrogen) atoms.